The number of aromatic nitrogens is 1. The number of methoxy groups -OCH3 is 2. The Balaban J connectivity index is 1.53. The first kappa shape index (κ1) is 22.1. The zero-order valence-corrected chi connectivity index (χ0v) is 19.7. The van der Waals surface area contributed by atoms with E-state index in [9.17, 15) is 13.2 Å². The van der Waals surface area contributed by atoms with Gasteiger partial charge in [0.1, 0.15) is 0 Å². The van der Waals surface area contributed by atoms with Gasteiger partial charge in [0, 0.05) is 22.5 Å². The minimum Gasteiger partial charge on any atom is -0.493 e. The van der Waals surface area contributed by atoms with Crippen LogP contribution >= 0.6 is 11.3 Å². The summed E-state index contributed by atoms with van der Waals surface area (Å²) >= 11 is 1.32. The molecule has 0 fully saturated rings. The lowest BCUT2D eigenvalue weighted by atomic mass is 10.1. The van der Waals surface area contributed by atoms with Crippen molar-refractivity contribution in [3.8, 4) is 22.8 Å². The van der Waals surface area contributed by atoms with Crippen molar-refractivity contribution in [2.24, 2.45) is 0 Å². The van der Waals surface area contributed by atoms with E-state index in [1.807, 2.05) is 24.4 Å². The third-order valence-corrected chi connectivity index (χ3v) is 7.28. The van der Waals surface area contributed by atoms with Gasteiger partial charge in [-0.15, -0.1) is 11.3 Å². The fourth-order valence-corrected chi connectivity index (χ4v) is 5.86. The molecule has 168 valence electrons. The van der Waals surface area contributed by atoms with Crippen molar-refractivity contribution in [2.45, 2.75) is 19.4 Å². The standard InChI is InChI=1S/C22H23N3O5S2/c1-13-9-16-10-15(5-7-18(16)25(13)32(4,27)28)21(26)24-22-23-17(12-31-22)14-6-8-19(29-2)20(11-14)30-3/h5-8,10-13H,9H2,1-4H3,(H,23,24,26)/t13-/m1/s1. The molecule has 1 aliphatic heterocycles. The summed E-state index contributed by atoms with van der Waals surface area (Å²) in [5.41, 5.74) is 3.46. The predicted molar refractivity (Wildman–Crippen MR) is 126 cm³/mol. The molecular formula is C22H23N3O5S2. The maximum atomic E-state index is 12.8. The zero-order chi connectivity index (χ0) is 23.0. The largest absolute Gasteiger partial charge is 0.493 e. The first-order valence-electron chi connectivity index (χ1n) is 9.83. The van der Waals surface area contributed by atoms with Crippen molar-refractivity contribution in [2.75, 3.05) is 30.1 Å². The number of anilines is 2. The van der Waals surface area contributed by atoms with Crippen LogP contribution in [0.4, 0.5) is 10.8 Å². The van der Waals surface area contributed by atoms with E-state index in [4.69, 9.17) is 9.47 Å². The van der Waals surface area contributed by atoms with Crippen molar-refractivity contribution in [3.05, 3.63) is 52.9 Å². The number of hydrogen-bond donors (Lipinski definition) is 1. The van der Waals surface area contributed by atoms with Crippen LogP contribution < -0.4 is 19.1 Å². The van der Waals surface area contributed by atoms with Gasteiger partial charge < -0.3 is 9.47 Å². The van der Waals surface area contributed by atoms with Crippen LogP contribution in [0.3, 0.4) is 0 Å². The topological polar surface area (TPSA) is 97.8 Å². The molecule has 1 aliphatic rings. The van der Waals surface area contributed by atoms with Gasteiger partial charge in [-0.2, -0.15) is 0 Å². The molecule has 32 heavy (non-hydrogen) atoms. The third-order valence-electron chi connectivity index (χ3n) is 5.26. The molecule has 3 aromatic rings. The molecule has 1 N–H and O–H groups in total. The molecule has 4 rings (SSSR count). The van der Waals surface area contributed by atoms with Crippen LogP contribution in [0.5, 0.6) is 11.5 Å². The van der Waals surface area contributed by atoms with Gasteiger partial charge in [0.15, 0.2) is 16.6 Å². The molecule has 0 radical (unpaired) electrons. The van der Waals surface area contributed by atoms with Crippen molar-refractivity contribution >= 4 is 38.1 Å². The number of fused-ring (bicyclic) bond motifs is 1. The lowest BCUT2D eigenvalue weighted by Gasteiger charge is -2.21. The number of amides is 1. The Bertz CT molecular complexity index is 1290. The maximum Gasteiger partial charge on any atom is 0.257 e. The molecule has 0 aliphatic carbocycles. The molecule has 0 spiro atoms. The highest BCUT2D eigenvalue weighted by atomic mass is 32.2. The number of nitrogens with one attached hydrogen (secondary N) is 1. The molecule has 2 aromatic carbocycles. The molecule has 10 heteroatoms. The fourth-order valence-electron chi connectivity index (χ4n) is 3.88. The van der Waals surface area contributed by atoms with Gasteiger partial charge in [-0.25, -0.2) is 13.4 Å². The van der Waals surface area contributed by atoms with E-state index < -0.39 is 10.0 Å². The van der Waals surface area contributed by atoms with E-state index in [-0.39, 0.29) is 11.9 Å². The monoisotopic (exact) mass is 473 g/mol. The molecule has 0 unspecified atom stereocenters. The molecule has 0 saturated heterocycles. The van der Waals surface area contributed by atoms with Crippen LogP contribution in [-0.2, 0) is 16.4 Å². The number of carbonyl (C=O) groups excluding carboxylic acids is 1. The van der Waals surface area contributed by atoms with Crippen molar-refractivity contribution in [3.63, 3.8) is 0 Å². The SMILES string of the molecule is COc1ccc(-c2csc(NC(=O)c3ccc4c(c3)C[C@@H](C)N4S(C)(=O)=O)n2)cc1OC. The van der Waals surface area contributed by atoms with Crippen LogP contribution in [0.25, 0.3) is 11.3 Å². The van der Waals surface area contributed by atoms with Crippen LogP contribution in [-0.4, -0.2) is 45.8 Å². The van der Waals surface area contributed by atoms with Gasteiger partial charge >= 0.3 is 0 Å². The van der Waals surface area contributed by atoms with Gasteiger partial charge in [-0.1, -0.05) is 0 Å². The van der Waals surface area contributed by atoms with Gasteiger partial charge in [0.2, 0.25) is 10.0 Å². The number of ether oxygens (including phenoxy) is 2. The fraction of sp³-hybridized carbons (Fsp3) is 0.273. The van der Waals surface area contributed by atoms with E-state index in [0.29, 0.717) is 40.0 Å². The number of sulfonamides is 1. The highest BCUT2D eigenvalue weighted by Gasteiger charge is 2.32. The number of benzene rings is 2. The first-order valence-corrected chi connectivity index (χ1v) is 12.6. The highest BCUT2D eigenvalue weighted by Crippen LogP contribution is 2.36. The Morgan fingerprint density at radius 3 is 2.59 bits per heavy atom. The number of thiazole rings is 1. The smallest absolute Gasteiger partial charge is 0.257 e. The predicted octanol–water partition coefficient (Wildman–Crippen LogP) is 3.79. The second kappa shape index (κ2) is 8.44. The molecule has 0 bridgehead atoms. The molecule has 1 atom stereocenters. The molecule has 1 aromatic heterocycles. The summed E-state index contributed by atoms with van der Waals surface area (Å²) in [5.74, 6) is 0.922. The highest BCUT2D eigenvalue weighted by molar-refractivity contribution is 7.92. The number of rotatable bonds is 6. The van der Waals surface area contributed by atoms with Crippen LogP contribution in [0.1, 0.15) is 22.8 Å². The van der Waals surface area contributed by atoms with E-state index in [1.165, 1.54) is 21.9 Å². The van der Waals surface area contributed by atoms with Gasteiger partial charge in [-0.3, -0.25) is 14.4 Å². The molecule has 2 heterocycles. The Kier molecular flexibility index (Phi) is 5.83. The molecular weight excluding hydrogens is 450 g/mol. The van der Waals surface area contributed by atoms with Crippen LogP contribution in [0.2, 0.25) is 0 Å². The summed E-state index contributed by atoms with van der Waals surface area (Å²) in [6, 6.07) is 10.4. The maximum absolute atomic E-state index is 12.8. The van der Waals surface area contributed by atoms with E-state index in [0.717, 1.165) is 11.1 Å². The lowest BCUT2D eigenvalue weighted by molar-refractivity contribution is 0.102. The number of nitrogens with zero attached hydrogens (tertiary/aromatic N) is 2. The average molecular weight is 474 g/mol. The third kappa shape index (κ3) is 4.15. The average Bonchev–Trinajstić information content (AvgIpc) is 3.35. The molecule has 1 amide bonds. The van der Waals surface area contributed by atoms with E-state index in [1.54, 1.807) is 38.5 Å². The zero-order valence-electron chi connectivity index (χ0n) is 18.1. The second-order valence-corrected chi connectivity index (χ2v) is 10.2. The summed E-state index contributed by atoms with van der Waals surface area (Å²) in [5, 5.41) is 5.14. The van der Waals surface area contributed by atoms with Crippen molar-refractivity contribution in [1.29, 1.82) is 0 Å². The quantitative estimate of drug-likeness (QED) is 0.585. The number of carbonyl (C=O) groups is 1. The summed E-state index contributed by atoms with van der Waals surface area (Å²) in [7, 11) is -0.226. The van der Waals surface area contributed by atoms with Crippen molar-refractivity contribution in [1.82, 2.24) is 4.98 Å². The first-order chi connectivity index (χ1) is 15.2. The summed E-state index contributed by atoms with van der Waals surface area (Å²) in [6.07, 6.45) is 1.75. The molecule has 8 nitrogen and oxygen atoms in total. The van der Waals surface area contributed by atoms with E-state index in [2.05, 4.69) is 10.3 Å². The van der Waals surface area contributed by atoms with Crippen LogP contribution in [0, 0.1) is 0 Å². The summed E-state index contributed by atoms with van der Waals surface area (Å²) in [4.78, 5) is 17.3. The second-order valence-electron chi connectivity index (χ2n) is 7.52. The summed E-state index contributed by atoms with van der Waals surface area (Å²) < 4.78 is 36.2. The van der Waals surface area contributed by atoms with Gasteiger partial charge in [-0.05, 0) is 55.3 Å². The lowest BCUT2D eigenvalue weighted by Crippen LogP contribution is -2.34. The Morgan fingerprint density at radius 1 is 1.16 bits per heavy atom. The van der Waals surface area contributed by atoms with Gasteiger partial charge in [0.05, 0.1) is 31.9 Å². The Morgan fingerprint density at radius 2 is 1.91 bits per heavy atom. The van der Waals surface area contributed by atoms with Crippen LogP contribution in [0.15, 0.2) is 41.8 Å². The minimum atomic E-state index is -3.37. The Hall–Kier alpha value is -3.11. The van der Waals surface area contributed by atoms with Gasteiger partial charge in [0.25, 0.3) is 5.91 Å². The van der Waals surface area contributed by atoms with E-state index >= 15 is 0 Å². The van der Waals surface area contributed by atoms with Crippen molar-refractivity contribution < 1.29 is 22.7 Å². The number of hydrogen-bond acceptors (Lipinski definition) is 7. The normalized spacial score (nSPS) is 15.4. The summed E-state index contributed by atoms with van der Waals surface area (Å²) in [6.45, 7) is 1.85. The Labute approximate surface area is 190 Å². The minimum absolute atomic E-state index is 0.179. The molecule has 0 saturated carbocycles.